The fourth-order valence-corrected chi connectivity index (χ4v) is 0.938. The molecule has 0 saturated carbocycles. The maximum absolute atomic E-state index is 12.2. The number of aromatic amines is 1. The minimum atomic E-state index is -5.18. The zero-order chi connectivity index (χ0) is 12.5. The molecule has 3 N–H and O–H groups in total. The molecular weight excluding hydrogens is 239 g/mol. The first kappa shape index (κ1) is 12.3. The van der Waals surface area contributed by atoms with Crippen LogP contribution >= 0.6 is 0 Å². The molecule has 0 amide bonds. The van der Waals surface area contributed by atoms with Crippen molar-refractivity contribution >= 4 is 5.69 Å². The first-order valence-electron chi connectivity index (χ1n) is 3.77. The Labute approximate surface area is 84.8 Å². The standard InChI is InChI=1S/C7H5F5N2O2/c8-5(9)2-1-14-6(15)4(3(2)13)16-7(10,11)12/h1,5H,(H3,13,14,15). The number of alkyl halides is 5. The van der Waals surface area contributed by atoms with E-state index in [-0.39, 0.29) is 0 Å². The van der Waals surface area contributed by atoms with Gasteiger partial charge >= 0.3 is 6.36 Å². The summed E-state index contributed by atoms with van der Waals surface area (Å²) in [6.45, 7) is 0. The van der Waals surface area contributed by atoms with Gasteiger partial charge in [-0.15, -0.1) is 13.2 Å². The van der Waals surface area contributed by atoms with Crippen LogP contribution in [0.2, 0.25) is 0 Å². The Morgan fingerprint density at radius 2 is 1.94 bits per heavy atom. The van der Waals surface area contributed by atoms with Gasteiger partial charge in [-0.05, 0) is 0 Å². The Bertz CT molecular complexity index is 439. The lowest BCUT2D eigenvalue weighted by Gasteiger charge is -2.12. The molecule has 1 heterocycles. The molecule has 0 spiro atoms. The average molecular weight is 244 g/mol. The quantitative estimate of drug-likeness (QED) is 0.779. The van der Waals surface area contributed by atoms with Crippen LogP contribution in [-0.4, -0.2) is 11.3 Å². The lowest BCUT2D eigenvalue weighted by Crippen LogP contribution is -2.24. The Kier molecular flexibility index (Phi) is 3.06. The Morgan fingerprint density at radius 1 is 1.38 bits per heavy atom. The molecule has 4 nitrogen and oxygen atoms in total. The summed E-state index contributed by atoms with van der Waals surface area (Å²) < 4.78 is 63.2. The number of hydrogen-bond acceptors (Lipinski definition) is 3. The van der Waals surface area contributed by atoms with Gasteiger partial charge in [0.2, 0.25) is 5.75 Å². The van der Waals surface area contributed by atoms with Crippen molar-refractivity contribution in [3.8, 4) is 5.75 Å². The van der Waals surface area contributed by atoms with Crippen molar-refractivity contribution in [2.24, 2.45) is 0 Å². The van der Waals surface area contributed by atoms with E-state index in [1.165, 1.54) is 0 Å². The van der Waals surface area contributed by atoms with Gasteiger partial charge in [-0.25, -0.2) is 8.78 Å². The Balaban J connectivity index is 3.27. The van der Waals surface area contributed by atoms with Crippen molar-refractivity contribution in [2.75, 3.05) is 5.73 Å². The van der Waals surface area contributed by atoms with Crippen LogP contribution < -0.4 is 16.0 Å². The van der Waals surface area contributed by atoms with E-state index in [1.54, 1.807) is 4.98 Å². The van der Waals surface area contributed by atoms with Gasteiger partial charge in [0.1, 0.15) is 0 Å². The third-order valence-corrected chi connectivity index (χ3v) is 1.57. The van der Waals surface area contributed by atoms with E-state index >= 15 is 0 Å². The van der Waals surface area contributed by atoms with Crippen molar-refractivity contribution in [1.29, 1.82) is 0 Å². The second-order valence-electron chi connectivity index (χ2n) is 2.66. The molecule has 1 aromatic rings. The molecule has 0 aliphatic heterocycles. The molecular formula is C7H5F5N2O2. The molecule has 1 rings (SSSR count). The van der Waals surface area contributed by atoms with Crippen LogP contribution in [0.3, 0.4) is 0 Å². The lowest BCUT2D eigenvalue weighted by molar-refractivity contribution is -0.274. The second-order valence-corrected chi connectivity index (χ2v) is 2.66. The van der Waals surface area contributed by atoms with Gasteiger partial charge in [0.05, 0.1) is 11.3 Å². The summed E-state index contributed by atoms with van der Waals surface area (Å²) >= 11 is 0. The number of hydrogen-bond donors (Lipinski definition) is 2. The van der Waals surface area contributed by atoms with Crippen molar-refractivity contribution in [3.05, 3.63) is 22.1 Å². The highest BCUT2D eigenvalue weighted by molar-refractivity contribution is 5.57. The van der Waals surface area contributed by atoms with Crippen LogP contribution in [0.25, 0.3) is 0 Å². The molecule has 0 saturated heterocycles. The summed E-state index contributed by atoms with van der Waals surface area (Å²) in [6.07, 6.45) is -7.76. The van der Waals surface area contributed by atoms with Crippen molar-refractivity contribution < 1.29 is 26.7 Å². The molecule has 16 heavy (non-hydrogen) atoms. The highest BCUT2D eigenvalue weighted by Crippen LogP contribution is 2.31. The van der Waals surface area contributed by atoms with Crippen molar-refractivity contribution in [2.45, 2.75) is 12.8 Å². The van der Waals surface area contributed by atoms with E-state index in [0.717, 1.165) is 0 Å². The highest BCUT2D eigenvalue weighted by Gasteiger charge is 2.34. The number of anilines is 1. The van der Waals surface area contributed by atoms with E-state index < -0.39 is 35.3 Å². The van der Waals surface area contributed by atoms with E-state index in [0.29, 0.717) is 6.20 Å². The lowest BCUT2D eigenvalue weighted by atomic mass is 10.2. The monoisotopic (exact) mass is 244 g/mol. The maximum atomic E-state index is 12.2. The van der Waals surface area contributed by atoms with Gasteiger partial charge in [0, 0.05) is 6.20 Å². The largest absolute Gasteiger partial charge is 0.573 e. The molecule has 0 unspecified atom stereocenters. The van der Waals surface area contributed by atoms with E-state index in [2.05, 4.69) is 4.74 Å². The number of nitrogens with two attached hydrogens (primary N) is 1. The fraction of sp³-hybridized carbons (Fsp3) is 0.286. The molecule has 0 aromatic carbocycles. The molecule has 0 bridgehead atoms. The summed E-state index contributed by atoms with van der Waals surface area (Å²) in [4.78, 5) is 12.6. The van der Waals surface area contributed by atoms with Gasteiger partial charge in [-0.3, -0.25) is 4.79 Å². The molecule has 1 aromatic heterocycles. The average Bonchev–Trinajstić information content (AvgIpc) is 2.10. The molecule has 9 heteroatoms. The van der Waals surface area contributed by atoms with Crippen molar-refractivity contribution in [3.63, 3.8) is 0 Å². The molecule has 0 radical (unpaired) electrons. The number of nitrogen functional groups attached to an aromatic ring is 1. The van der Waals surface area contributed by atoms with Gasteiger partial charge in [-0.1, -0.05) is 0 Å². The fourth-order valence-electron chi connectivity index (χ4n) is 0.938. The Morgan fingerprint density at radius 3 is 2.38 bits per heavy atom. The normalized spacial score (nSPS) is 11.9. The summed E-state index contributed by atoms with van der Waals surface area (Å²) in [5.74, 6) is -1.38. The van der Waals surface area contributed by atoms with Crippen molar-refractivity contribution in [1.82, 2.24) is 4.98 Å². The predicted octanol–water partition coefficient (Wildman–Crippen LogP) is 1.79. The van der Waals surface area contributed by atoms with E-state index in [9.17, 15) is 26.7 Å². The third kappa shape index (κ3) is 2.61. The topological polar surface area (TPSA) is 68.1 Å². The summed E-state index contributed by atoms with van der Waals surface area (Å²) in [7, 11) is 0. The number of aromatic nitrogens is 1. The van der Waals surface area contributed by atoms with Gasteiger partial charge in [-0.2, -0.15) is 0 Å². The first-order valence-corrected chi connectivity index (χ1v) is 3.77. The summed E-state index contributed by atoms with van der Waals surface area (Å²) in [5, 5.41) is 0. The highest BCUT2D eigenvalue weighted by atomic mass is 19.4. The summed E-state index contributed by atoms with van der Waals surface area (Å²) in [5.41, 5.74) is 1.67. The second kappa shape index (κ2) is 3.99. The van der Waals surface area contributed by atoms with Gasteiger partial charge in [0.15, 0.2) is 0 Å². The molecule has 90 valence electrons. The van der Waals surface area contributed by atoms with Crippen LogP contribution in [0.5, 0.6) is 5.75 Å². The number of H-pyrrole nitrogens is 1. The summed E-state index contributed by atoms with van der Waals surface area (Å²) in [6, 6.07) is 0. The molecule has 0 aliphatic rings. The zero-order valence-corrected chi connectivity index (χ0v) is 7.44. The van der Waals surface area contributed by atoms with Crippen LogP contribution in [0.4, 0.5) is 27.6 Å². The predicted molar refractivity (Wildman–Crippen MR) is 43.1 cm³/mol. The van der Waals surface area contributed by atoms with Gasteiger partial charge in [0.25, 0.3) is 12.0 Å². The first-order chi connectivity index (χ1) is 7.22. The Hall–Kier alpha value is -1.80. The molecule has 0 aliphatic carbocycles. The third-order valence-electron chi connectivity index (χ3n) is 1.57. The maximum Gasteiger partial charge on any atom is 0.573 e. The number of rotatable bonds is 2. The minimum Gasteiger partial charge on any atom is -0.398 e. The minimum absolute atomic E-state index is 0.533. The molecule has 0 fully saturated rings. The van der Waals surface area contributed by atoms with E-state index in [4.69, 9.17) is 5.73 Å². The van der Waals surface area contributed by atoms with Crippen LogP contribution in [0, 0.1) is 0 Å². The number of ether oxygens (including phenoxy) is 1. The van der Waals surface area contributed by atoms with Crippen LogP contribution in [-0.2, 0) is 0 Å². The number of halogens is 5. The molecule has 0 atom stereocenters. The van der Waals surface area contributed by atoms with Crippen LogP contribution in [0.15, 0.2) is 11.0 Å². The SMILES string of the molecule is Nc1c(C(F)F)c[nH]c(=O)c1OC(F)(F)F. The number of nitrogens with one attached hydrogen (secondary N) is 1. The van der Waals surface area contributed by atoms with Gasteiger partial charge < -0.3 is 15.5 Å². The zero-order valence-electron chi connectivity index (χ0n) is 7.44. The smallest absolute Gasteiger partial charge is 0.398 e. The van der Waals surface area contributed by atoms with Crippen LogP contribution in [0.1, 0.15) is 12.0 Å². The number of pyridine rings is 1. The van der Waals surface area contributed by atoms with E-state index in [1.807, 2.05) is 0 Å².